The maximum absolute atomic E-state index is 6.11. The number of pyridine rings is 1. The Kier molecular flexibility index (Phi) is 4.10. The van der Waals surface area contributed by atoms with Gasteiger partial charge in [-0.25, -0.2) is 4.68 Å². The van der Waals surface area contributed by atoms with Crippen LogP contribution in [0.5, 0.6) is 0 Å². The Hall–Kier alpha value is -3.17. The average Bonchev–Trinajstić information content (AvgIpc) is 3.14. The van der Waals surface area contributed by atoms with Gasteiger partial charge in [0.15, 0.2) is 0 Å². The molecule has 0 N–H and O–H groups in total. The minimum Gasteiger partial charge on any atom is -0.255 e. The zero-order chi connectivity index (χ0) is 19.1. The van der Waals surface area contributed by atoms with Crippen molar-refractivity contribution in [3.8, 4) is 16.9 Å². The van der Waals surface area contributed by atoms with Gasteiger partial charge in [-0.05, 0) is 48.4 Å². The number of rotatable bonds is 3. The summed E-state index contributed by atoms with van der Waals surface area (Å²) in [6.45, 7) is 2.17. The van der Waals surface area contributed by atoms with Crippen LogP contribution in [0.3, 0.4) is 0 Å². The van der Waals surface area contributed by atoms with Crippen molar-refractivity contribution in [2.45, 2.75) is 13.3 Å². The number of nitrogens with zero attached hydrogens (tertiary/aromatic N) is 3. The third-order valence-electron chi connectivity index (χ3n) is 5.10. The molecule has 3 nitrogen and oxygen atoms in total. The van der Waals surface area contributed by atoms with E-state index >= 15 is 0 Å². The maximum atomic E-state index is 6.11. The highest BCUT2D eigenvalue weighted by Crippen LogP contribution is 2.34. The van der Waals surface area contributed by atoms with Crippen molar-refractivity contribution >= 4 is 33.4 Å². The van der Waals surface area contributed by atoms with E-state index in [4.69, 9.17) is 21.7 Å². The molecule has 0 unspecified atom stereocenters. The molecule has 0 amide bonds. The minimum absolute atomic E-state index is 0.711. The minimum atomic E-state index is 0.711. The monoisotopic (exact) mass is 383 g/mol. The molecule has 0 radical (unpaired) electrons. The van der Waals surface area contributed by atoms with Crippen LogP contribution in [0.1, 0.15) is 12.5 Å². The van der Waals surface area contributed by atoms with Crippen LogP contribution in [0.15, 0.2) is 79.0 Å². The maximum Gasteiger partial charge on any atom is 0.102 e. The second kappa shape index (κ2) is 6.77. The van der Waals surface area contributed by atoms with Crippen LogP contribution in [0.4, 0.5) is 0 Å². The van der Waals surface area contributed by atoms with E-state index in [0.717, 1.165) is 45.2 Å². The molecular weight excluding hydrogens is 366 g/mol. The first-order chi connectivity index (χ1) is 13.7. The summed E-state index contributed by atoms with van der Waals surface area (Å²) in [5, 5.41) is 7.87. The van der Waals surface area contributed by atoms with Gasteiger partial charge in [0.05, 0.1) is 16.7 Å². The van der Waals surface area contributed by atoms with Gasteiger partial charge >= 0.3 is 0 Å². The first-order valence-electron chi connectivity index (χ1n) is 9.36. The molecule has 0 saturated heterocycles. The normalized spacial score (nSPS) is 11.4. The van der Waals surface area contributed by atoms with Gasteiger partial charge < -0.3 is 0 Å². The molecule has 2 heterocycles. The van der Waals surface area contributed by atoms with E-state index in [-0.39, 0.29) is 0 Å². The van der Waals surface area contributed by atoms with Crippen LogP contribution in [0, 0.1) is 0 Å². The van der Waals surface area contributed by atoms with Crippen molar-refractivity contribution in [3.05, 3.63) is 89.6 Å². The fraction of sp³-hybridized carbons (Fsp3) is 0.0833. The molecule has 3 aromatic carbocycles. The summed E-state index contributed by atoms with van der Waals surface area (Å²) >= 11 is 6.11. The van der Waals surface area contributed by atoms with Crippen LogP contribution >= 0.6 is 11.6 Å². The number of benzene rings is 3. The topological polar surface area (TPSA) is 30.7 Å². The number of hydrogen-bond acceptors (Lipinski definition) is 2. The Bertz CT molecular complexity index is 1290. The van der Waals surface area contributed by atoms with Crippen LogP contribution in [0.25, 0.3) is 38.8 Å². The third-order valence-corrected chi connectivity index (χ3v) is 5.35. The third kappa shape index (κ3) is 2.76. The number of halogens is 1. The van der Waals surface area contributed by atoms with E-state index in [1.165, 1.54) is 5.56 Å². The lowest BCUT2D eigenvalue weighted by atomic mass is 10.0. The van der Waals surface area contributed by atoms with Crippen molar-refractivity contribution in [2.24, 2.45) is 0 Å². The lowest BCUT2D eigenvalue weighted by Gasteiger charge is -2.07. The molecule has 5 aromatic rings. The molecule has 0 atom stereocenters. The van der Waals surface area contributed by atoms with E-state index in [0.29, 0.717) is 5.02 Å². The standard InChI is InChI=1S/C24H18ClN3/c1-2-16-8-13-22-20(14-16)24-21(15-26-22)23(17-6-4-3-5-7-17)27-28(24)19-11-9-18(25)10-12-19/h3-15H,2H2,1H3. The molecule has 28 heavy (non-hydrogen) atoms. The van der Waals surface area contributed by atoms with Gasteiger partial charge in [-0.1, -0.05) is 54.9 Å². The van der Waals surface area contributed by atoms with Crippen LogP contribution in [0.2, 0.25) is 5.02 Å². The van der Waals surface area contributed by atoms with Gasteiger partial charge in [-0.3, -0.25) is 4.98 Å². The van der Waals surface area contributed by atoms with E-state index in [1.54, 1.807) is 0 Å². The first-order valence-corrected chi connectivity index (χ1v) is 9.74. The molecule has 5 rings (SSSR count). The lowest BCUT2D eigenvalue weighted by molar-refractivity contribution is 0.917. The van der Waals surface area contributed by atoms with Gasteiger partial charge in [0, 0.05) is 27.6 Å². The Morgan fingerprint density at radius 1 is 0.893 bits per heavy atom. The van der Waals surface area contributed by atoms with Gasteiger partial charge in [-0.2, -0.15) is 5.10 Å². The number of hydrogen-bond donors (Lipinski definition) is 0. The second-order valence-corrected chi connectivity index (χ2v) is 7.26. The summed E-state index contributed by atoms with van der Waals surface area (Å²) in [5.74, 6) is 0. The zero-order valence-corrected chi connectivity index (χ0v) is 16.2. The summed E-state index contributed by atoms with van der Waals surface area (Å²) in [5.41, 5.74) is 6.31. The summed E-state index contributed by atoms with van der Waals surface area (Å²) in [4.78, 5) is 4.72. The Labute approximate surface area is 168 Å². The fourth-order valence-electron chi connectivity index (χ4n) is 3.63. The smallest absolute Gasteiger partial charge is 0.102 e. The lowest BCUT2D eigenvalue weighted by Crippen LogP contribution is -1.97. The van der Waals surface area contributed by atoms with E-state index < -0.39 is 0 Å². The quantitative estimate of drug-likeness (QED) is 0.358. The Balaban J connectivity index is 1.91. The molecule has 0 aliphatic heterocycles. The van der Waals surface area contributed by atoms with Gasteiger partial charge in [0.1, 0.15) is 5.69 Å². The Morgan fingerprint density at radius 3 is 2.43 bits per heavy atom. The number of aromatic nitrogens is 3. The number of aryl methyl sites for hydroxylation is 1. The summed E-state index contributed by atoms with van der Waals surface area (Å²) in [6.07, 6.45) is 2.91. The Morgan fingerprint density at radius 2 is 1.68 bits per heavy atom. The highest BCUT2D eigenvalue weighted by Gasteiger charge is 2.17. The molecular formula is C24H18ClN3. The van der Waals surface area contributed by atoms with Gasteiger partial charge in [0.25, 0.3) is 0 Å². The molecule has 0 fully saturated rings. The highest BCUT2D eigenvalue weighted by atomic mass is 35.5. The molecule has 2 aromatic heterocycles. The highest BCUT2D eigenvalue weighted by molar-refractivity contribution is 6.30. The van der Waals surface area contributed by atoms with Gasteiger partial charge in [0.2, 0.25) is 0 Å². The predicted molar refractivity (Wildman–Crippen MR) is 116 cm³/mol. The SMILES string of the molecule is CCc1ccc2ncc3c(-c4ccccc4)nn(-c4ccc(Cl)cc4)c3c2c1. The molecule has 0 saturated carbocycles. The number of fused-ring (bicyclic) bond motifs is 3. The van der Waals surface area contributed by atoms with Crippen LogP contribution < -0.4 is 0 Å². The van der Waals surface area contributed by atoms with E-state index in [9.17, 15) is 0 Å². The summed E-state index contributed by atoms with van der Waals surface area (Å²) < 4.78 is 2.01. The largest absolute Gasteiger partial charge is 0.255 e. The molecule has 4 heteroatoms. The van der Waals surface area contributed by atoms with Crippen molar-refractivity contribution in [1.29, 1.82) is 0 Å². The predicted octanol–water partition coefficient (Wildman–Crippen LogP) is 6.46. The van der Waals surface area contributed by atoms with Crippen molar-refractivity contribution in [3.63, 3.8) is 0 Å². The van der Waals surface area contributed by atoms with Crippen LogP contribution in [-0.4, -0.2) is 14.8 Å². The van der Waals surface area contributed by atoms with E-state index in [2.05, 4.69) is 37.3 Å². The second-order valence-electron chi connectivity index (χ2n) is 6.83. The molecule has 0 bridgehead atoms. The van der Waals surface area contributed by atoms with E-state index in [1.807, 2.05) is 53.3 Å². The first kappa shape index (κ1) is 17.0. The summed E-state index contributed by atoms with van der Waals surface area (Å²) in [7, 11) is 0. The van der Waals surface area contributed by atoms with Crippen molar-refractivity contribution in [1.82, 2.24) is 14.8 Å². The van der Waals surface area contributed by atoms with Crippen LogP contribution in [-0.2, 0) is 6.42 Å². The summed E-state index contributed by atoms with van der Waals surface area (Å²) in [6, 6.07) is 24.5. The molecule has 136 valence electrons. The average molecular weight is 384 g/mol. The van der Waals surface area contributed by atoms with Crippen molar-refractivity contribution in [2.75, 3.05) is 0 Å². The molecule has 0 aliphatic rings. The van der Waals surface area contributed by atoms with Gasteiger partial charge in [-0.15, -0.1) is 0 Å². The molecule has 0 spiro atoms. The fourth-order valence-corrected chi connectivity index (χ4v) is 3.76. The zero-order valence-electron chi connectivity index (χ0n) is 15.4. The molecule has 0 aliphatic carbocycles. The van der Waals surface area contributed by atoms with Crippen molar-refractivity contribution < 1.29 is 0 Å².